The summed E-state index contributed by atoms with van der Waals surface area (Å²) in [5.74, 6) is -0.582. The number of methoxy groups -OCH3 is 1. The van der Waals surface area contributed by atoms with E-state index >= 15 is 0 Å². The number of nitrogens with one attached hydrogen (secondary N) is 2. The molecule has 10 heteroatoms. The molecule has 32 heavy (non-hydrogen) atoms. The van der Waals surface area contributed by atoms with E-state index in [-0.39, 0.29) is 29.5 Å². The summed E-state index contributed by atoms with van der Waals surface area (Å²) >= 11 is 1.71. The molecule has 1 aliphatic heterocycles. The molecule has 1 aromatic carbocycles. The fourth-order valence-corrected chi connectivity index (χ4v) is 5.56. The van der Waals surface area contributed by atoms with Gasteiger partial charge in [-0.1, -0.05) is 19.4 Å². The number of fused-ring (bicyclic) bond motifs is 1. The molecule has 2 heterocycles. The van der Waals surface area contributed by atoms with E-state index in [4.69, 9.17) is 4.74 Å². The lowest BCUT2D eigenvalue weighted by Gasteiger charge is -2.31. The Morgan fingerprint density at radius 1 is 1.28 bits per heavy atom. The first-order valence-corrected chi connectivity index (χ1v) is 13.0. The van der Waals surface area contributed by atoms with Gasteiger partial charge in [-0.15, -0.1) is 11.3 Å². The Bertz CT molecular complexity index is 1050. The summed E-state index contributed by atoms with van der Waals surface area (Å²) in [6.45, 7) is 3.50. The molecule has 8 nitrogen and oxygen atoms in total. The zero-order valence-corrected chi connectivity index (χ0v) is 19.9. The summed E-state index contributed by atoms with van der Waals surface area (Å²) in [4.78, 5) is 29.1. The highest BCUT2D eigenvalue weighted by molar-refractivity contribution is 7.89. The van der Waals surface area contributed by atoms with Crippen LogP contribution in [0.4, 0.5) is 0 Å². The van der Waals surface area contributed by atoms with Gasteiger partial charge in [0.1, 0.15) is 6.04 Å². The Labute approximate surface area is 193 Å². The topological polar surface area (TPSA) is 105 Å². The molecule has 174 valence electrons. The quantitative estimate of drug-likeness (QED) is 0.508. The number of rotatable bonds is 10. The molecule has 1 unspecified atom stereocenters. The third-order valence-electron chi connectivity index (χ3n) is 5.30. The van der Waals surface area contributed by atoms with E-state index in [9.17, 15) is 18.0 Å². The maximum atomic E-state index is 13.2. The molecule has 0 radical (unpaired) electrons. The Balaban J connectivity index is 1.70. The Kier molecular flexibility index (Phi) is 8.41. The molecule has 3 rings (SSSR count). The summed E-state index contributed by atoms with van der Waals surface area (Å²) in [6.07, 6.45) is 2.06. The number of thiophene rings is 1. The zero-order valence-electron chi connectivity index (χ0n) is 18.3. The SMILES string of the molecule is CCCC(NC(=O)c1cccc(S(=O)(=O)NCCOC)c1)C(=O)N1CCc2sccc2C1. The van der Waals surface area contributed by atoms with Crippen LogP contribution in [-0.2, 0) is 32.5 Å². The smallest absolute Gasteiger partial charge is 0.251 e. The molecule has 2 amide bonds. The predicted molar refractivity (Wildman–Crippen MR) is 123 cm³/mol. The normalized spacial score (nSPS) is 14.6. The van der Waals surface area contributed by atoms with Crippen molar-refractivity contribution in [2.75, 3.05) is 26.8 Å². The first-order chi connectivity index (χ1) is 15.4. The molecule has 0 saturated heterocycles. The second kappa shape index (κ2) is 11.0. The van der Waals surface area contributed by atoms with Crippen molar-refractivity contribution in [3.63, 3.8) is 0 Å². The first-order valence-electron chi connectivity index (χ1n) is 10.6. The number of benzene rings is 1. The van der Waals surface area contributed by atoms with E-state index in [0.717, 1.165) is 18.4 Å². The maximum absolute atomic E-state index is 13.2. The third kappa shape index (κ3) is 5.94. The highest BCUT2D eigenvalue weighted by Crippen LogP contribution is 2.24. The minimum atomic E-state index is -3.77. The van der Waals surface area contributed by atoms with E-state index in [1.54, 1.807) is 16.2 Å². The third-order valence-corrected chi connectivity index (χ3v) is 7.79. The van der Waals surface area contributed by atoms with Crippen LogP contribution in [0.1, 0.15) is 40.6 Å². The van der Waals surface area contributed by atoms with Crippen molar-refractivity contribution in [1.82, 2.24) is 14.9 Å². The van der Waals surface area contributed by atoms with Crippen molar-refractivity contribution in [3.8, 4) is 0 Å². The molecular formula is C22H29N3O5S2. The van der Waals surface area contributed by atoms with E-state index < -0.39 is 22.0 Å². The van der Waals surface area contributed by atoms with Gasteiger partial charge < -0.3 is 15.0 Å². The lowest BCUT2D eigenvalue weighted by molar-refractivity contribution is -0.134. The van der Waals surface area contributed by atoms with Gasteiger partial charge in [-0.05, 0) is 48.1 Å². The molecule has 2 aromatic rings. The lowest BCUT2D eigenvalue weighted by atomic mass is 10.1. The average molecular weight is 480 g/mol. The summed E-state index contributed by atoms with van der Waals surface area (Å²) < 4.78 is 32.2. The van der Waals surface area contributed by atoms with Crippen LogP contribution < -0.4 is 10.0 Å². The molecule has 0 bridgehead atoms. The predicted octanol–water partition coefficient (Wildman–Crippen LogP) is 2.16. The molecule has 0 saturated carbocycles. The van der Waals surface area contributed by atoms with Gasteiger partial charge in [-0.3, -0.25) is 9.59 Å². The zero-order chi connectivity index (χ0) is 23.1. The summed E-state index contributed by atoms with van der Waals surface area (Å²) in [5, 5.41) is 4.85. The maximum Gasteiger partial charge on any atom is 0.251 e. The molecule has 1 atom stereocenters. The monoisotopic (exact) mass is 479 g/mol. The number of sulfonamides is 1. The van der Waals surface area contributed by atoms with Gasteiger partial charge in [0.15, 0.2) is 0 Å². The molecule has 0 spiro atoms. The van der Waals surface area contributed by atoms with Crippen LogP contribution in [0.2, 0.25) is 0 Å². The standard InChI is InChI=1S/C22H29N3O5S2/c1-3-5-19(22(27)25-11-8-20-17(15-25)9-13-31-20)24-21(26)16-6-4-7-18(14-16)32(28,29)23-10-12-30-2/h4,6-7,9,13-14,19,23H,3,5,8,10-12,15H2,1-2H3,(H,24,26). The van der Waals surface area contributed by atoms with E-state index in [0.29, 0.717) is 19.5 Å². The van der Waals surface area contributed by atoms with Crippen LogP contribution in [0.5, 0.6) is 0 Å². The molecule has 1 aromatic heterocycles. The van der Waals surface area contributed by atoms with E-state index in [1.807, 2.05) is 18.4 Å². The van der Waals surface area contributed by atoms with E-state index in [1.165, 1.54) is 36.3 Å². The number of amides is 2. The van der Waals surface area contributed by atoms with Crippen LogP contribution in [0.25, 0.3) is 0 Å². The largest absolute Gasteiger partial charge is 0.383 e. The van der Waals surface area contributed by atoms with Gasteiger partial charge in [-0.25, -0.2) is 13.1 Å². The molecule has 0 fully saturated rings. The summed E-state index contributed by atoms with van der Waals surface area (Å²) in [5.41, 5.74) is 1.35. The Hall–Kier alpha value is -2.27. The summed E-state index contributed by atoms with van der Waals surface area (Å²) in [6, 6.07) is 7.17. The molecule has 2 N–H and O–H groups in total. The van der Waals surface area contributed by atoms with Crippen LogP contribution in [0.15, 0.2) is 40.6 Å². The van der Waals surface area contributed by atoms with Crippen molar-refractivity contribution < 1.29 is 22.7 Å². The van der Waals surface area contributed by atoms with Gasteiger partial charge in [0.2, 0.25) is 15.9 Å². The fraction of sp³-hybridized carbons (Fsp3) is 0.455. The van der Waals surface area contributed by atoms with Crippen molar-refractivity contribution in [3.05, 3.63) is 51.7 Å². The van der Waals surface area contributed by atoms with Gasteiger partial charge in [0, 0.05) is 37.2 Å². The van der Waals surface area contributed by atoms with Crippen molar-refractivity contribution in [2.24, 2.45) is 0 Å². The second-order valence-corrected chi connectivity index (χ2v) is 10.4. The Morgan fingerprint density at radius 2 is 2.09 bits per heavy atom. The number of hydrogen-bond donors (Lipinski definition) is 2. The molecular weight excluding hydrogens is 450 g/mol. The van der Waals surface area contributed by atoms with Crippen molar-refractivity contribution in [1.29, 1.82) is 0 Å². The van der Waals surface area contributed by atoms with Crippen LogP contribution >= 0.6 is 11.3 Å². The minimum absolute atomic E-state index is 0.0133. The number of hydrogen-bond acceptors (Lipinski definition) is 6. The van der Waals surface area contributed by atoms with Gasteiger partial charge in [0.05, 0.1) is 11.5 Å². The number of carbonyl (C=O) groups excluding carboxylic acids is 2. The minimum Gasteiger partial charge on any atom is -0.383 e. The Morgan fingerprint density at radius 3 is 2.84 bits per heavy atom. The van der Waals surface area contributed by atoms with Gasteiger partial charge in [-0.2, -0.15) is 0 Å². The lowest BCUT2D eigenvalue weighted by Crippen LogP contribution is -2.49. The van der Waals surface area contributed by atoms with Crippen LogP contribution in [-0.4, -0.2) is 58.0 Å². The summed E-state index contributed by atoms with van der Waals surface area (Å²) in [7, 11) is -2.29. The highest BCUT2D eigenvalue weighted by atomic mass is 32.2. The van der Waals surface area contributed by atoms with Crippen LogP contribution in [0.3, 0.4) is 0 Å². The van der Waals surface area contributed by atoms with Crippen molar-refractivity contribution >= 4 is 33.2 Å². The number of carbonyl (C=O) groups is 2. The number of nitrogens with zero attached hydrogens (tertiary/aromatic N) is 1. The van der Waals surface area contributed by atoms with Gasteiger partial charge in [0.25, 0.3) is 5.91 Å². The van der Waals surface area contributed by atoms with Crippen LogP contribution in [0, 0.1) is 0 Å². The van der Waals surface area contributed by atoms with Crippen molar-refractivity contribution in [2.45, 2.75) is 43.7 Å². The molecule has 1 aliphatic rings. The van der Waals surface area contributed by atoms with E-state index in [2.05, 4.69) is 10.0 Å². The average Bonchev–Trinajstić information content (AvgIpc) is 3.26. The fourth-order valence-electron chi connectivity index (χ4n) is 3.61. The first kappa shape index (κ1) is 24.4. The molecule has 0 aliphatic carbocycles. The number of ether oxygens (including phenoxy) is 1. The highest BCUT2D eigenvalue weighted by Gasteiger charge is 2.29. The van der Waals surface area contributed by atoms with Gasteiger partial charge >= 0.3 is 0 Å². The second-order valence-electron chi connectivity index (χ2n) is 7.61.